The molecule has 282 valence electrons. The summed E-state index contributed by atoms with van der Waals surface area (Å²) < 4.78 is 13.7. The van der Waals surface area contributed by atoms with Crippen molar-refractivity contribution < 1.29 is 33.8 Å². The highest BCUT2D eigenvalue weighted by atomic mass is 79.9. The maximum Gasteiger partial charge on any atom is 0.313 e. The number of carbonyl (C=O) groups is 4. The van der Waals surface area contributed by atoms with Gasteiger partial charge in [0.1, 0.15) is 29.8 Å². The molecule has 1 spiro atoms. The van der Waals surface area contributed by atoms with Gasteiger partial charge in [-0.25, -0.2) is 0 Å². The Bertz CT molecular complexity index is 1970. The zero-order valence-corrected chi connectivity index (χ0v) is 32.7. The number of aliphatic hydroxyl groups is 1. The van der Waals surface area contributed by atoms with Gasteiger partial charge in [0, 0.05) is 24.5 Å². The summed E-state index contributed by atoms with van der Waals surface area (Å²) in [6.45, 7) is 3.30. The van der Waals surface area contributed by atoms with Gasteiger partial charge in [0.2, 0.25) is 11.8 Å². The lowest BCUT2D eigenvalue weighted by Crippen LogP contribution is -2.59. The minimum atomic E-state index is -1.59. The minimum Gasteiger partial charge on any atom is -0.455 e. The second kappa shape index (κ2) is 15.5. The maximum absolute atomic E-state index is 15.5. The number of hydrogen-bond acceptors (Lipinski definition) is 7. The summed E-state index contributed by atoms with van der Waals surface area (Å²) >= 11 is 10.5. The van der Waals surface area contributed by atoms with Crippen molar-refractivity contribution in [1.29, 1.82) is 0 Å². The number of allylic oxidation sites excluding steroid dienone is 1. The number of halogens is 2. The molecule has 2 saturated heterocycles. The molecule has 1 N–H and O–H groups in total. The third kappa shape index (κ3) is 6.59. The van der Waals surface area contributed by atoms with Crippen LogP contribution in [0.15, 0.2) is 102 Å². The van der Waals surface area contributed by atoms with E-state index in [1.807, 2.05) is 92.7 Å². The second-order valence-corrected chi connectivity index (χ2v) is 15.8. The molecule has 4 aliphatic rings. The second-order valence-electron chi connectivity index (χ2n) is 14.5. The summed E-state index contributed by atoms with van der Waals surface area (Å²) in [5.41, 5.74) is 1.15. The standard InChI is InChI=1S/C42H43BrClN3O7/c1-25-14-13-19-31(44)35(25)46-21-12-6-11-20-32(49)45(3)26(2)36(28-17-9-5-10-18-28)53-41(52)33-34-39(50)47(29(24-48)22-27-15-7-4-8-16-27)38(40(46)51)42(34)23-30(43)37(33)54-42/h4-10,12-19,23,26,29,33-34,36-38,48H,11,20-22,24H2,1-3H3/b12-6-/t26-,29+,33+,34-,36+,37+,38+,42-/m0/s1. The number of amides is 3. The highest BCUT2D eigenvalue weighted by Crippen LogP contribution is 2.59. The molecular weight excluding hydrogens is 774 g/mol. The van der Waals surface area contributed by atoms with Gasteiger partial charge in [-0.2, -0.15) is 0 Å². The predicted molar refractivity (Wildman–Crippen MR) is 208 cm³/mol. The lowest BCUT2D eigenvalue weighted by Gasteiger charge is -2.39. The maximum atomic E-state index is 15.5. The van der Waals surface area contributed by atoms with Gasteiger partial charge in [-0.1, -0.05) is 112 Å². The number of carbonyl (C=O) groups excluding carboxylic acids is 4. The van der Waals surface area contributed by atoms with Crippen LogP contribution >= 0.6 is 27.5 Å². The molecule has 2 fully saturated rings. The number of fused-ring (bicyclic) bond motifs is 2. The molecular formula is C42H43BrClN3O7. The molecule has 10 nitrogen and oxygen atoms in total. The summed E-state index contributed by atoms with van der Waals surface area (Å²) in [7, 11) is 1.69. The van der Waals surface area contributed by atoms with Crippen molar-refractivity contribution in [3.8, 4) is 0 Å². The number of rotatable bonds is 6. The Labute approximate surface area is 328 Å². The first-order chi connectivity index (χ1) is 26.0. The van der Waals surface area contributed by atoms with Crippen molar-refractivity contribution in [1.82, 2.24) is 9.80 Å². The van der Waals surface area contributed by atoms with E-state index < -0.39 is 72.2 Å². The molecule has 8 atom stereocenters. The van der Waals surface area contributed by atoms with E-state index in [-0.39, 0.29) is 25.3 Å². The van der Waals surface area contributed by atoms with E-state index in [0.29, 0.717) is 27.2 Å². The van der Waals surface area contributed by atoms with Crippen LogP contribution in [0.3, 0.4) is 0 Å². The Morgan fingerprint density at radius 1 is 0.944 bits per heavy atom. The SMILES string of the molecule is Cc1cccc(Cl)c1N1C/C=C\CCC(=O)N(C)[C@@H](C)[C@H](c2ccccc2)OC(=O)[C@H]2[C@@H]3O[C@@]4(C=C3Br)[C@@H]2C(=O)N([C@@H](CO)Cc2ccccc2)[C@@H]4C1=O. The molecule has 3 aromatic rings. The number of aryl methyl sites for hydroxylation is 1. The Balaban J connectivity index is 1.40. The lowest BCUT2D eigenvalue weighted by molar-refractivity contribution is -0.164. The molecule has 0 aromatic heterocycles. The van der Waals surface area contributed by atoms with Gasteiger partial charge >= 0.3 is 5.97 Å². The van der Waals surface area contributed by atoms with E-state index >= 15 is 9.59 Å². The number of likely N-dealkylation sites (N-methyl/N-ethyl adjacent to an activating group) is 1. The molecule has 3 aromatic carbocycles. The molecule has 0 aliphatic carbocycles. The quantitative estimate of drug-likeness (QED) is 0.242. The van der Waals surface area contributed by atoms with Gasteiger partial charge in [0.15, 0.2) is 0 Å². The van der Waals surface area contributed by atoms with Gasteiger partial charge in [0.25, 0.3) is 5.91 Å². The molecule has 12 heteroatoms. The lowest BCUT2D eigenvalue weighted by atomic mass is 9.74. The van der Waals surface area contributed by atoms with Gasteiger partial charge < -0.3 is 29.3 Å². The number of aliphatic hydroxyl groups excluding tert-OH is 1. The Morgan fingerprint density at radius 2 is 1.65 bits per heavy atom. The molecule has 54 heavy (non-hydrogen) atoms. The fourth-order valence-corrected chi connectivity index (χ4v) is 9.60. The zero-order valence-electron chi connectivity index (χ0n) is 30.3. The Kier molecular flexibility index (Phi) is 10.9. The number of cyclic esters (lactones) is 1. The van der Waals surface area contributed by atoms with Crippen molar-refractivity contribution in [3.63, 3.8) is 0 Å². The van der Waals surface area contributed by atoms with E-state index in [2.05, 4.69) is 15.9 Å². The number of likely N-dealkylation sites (tertiary alicyclic amines) is 1. The van der Waals surface area contributed by atoms with Crippen LogP contribution in [0.2, 0.25) is 5.02 Å². The van der Waals surface area contributed by atoms with Crippen LogP contribution in [0.5, 0.6) is 0 Å². The van der Waals surface area contributed by atoms with E-state index in [4.69, 9.17) is 21.1 Å². The fraction of sp³-hybridized carbons (Fsp3) is 0.381. The Morgan fingerprint density at radius 3 is 2.33 bits per heavy atom. The van der Waals surface area contributed by atoms with Crippen molar-refractivity contribution in [2.75, 3.05) is 25.1 Å². The van der Waals surface area contributed by atoms with E-state index in [9.17, 15) is 14.7 Å². The topological polar surface area (TPSA) is 117 Å². The van der Waals surface area contributed by atoms with Crippen molar-refractivity contribution in [3.05, 3.63) is 123 Å². The highest BCUT2D eigenvalue weighted by Gasteiger charge is 2.75. The average molecular weight is 817 g/mol. The van der Waals surface area contributed by atoms with Crippen molar-refractivity contribution in [2.45, 2.75) is 69.0 Å². The summed E-state index contributed by atoms with van der Waals surface area (Å²) in [4.78, 5) is 63.4. The largest absolute Gasteiger partial charge is 0.455 e. The van der Waals surface area contributed by atoms with Crippen LogP contribution in [0.1, 0.15) is 42.6 Å². The van der Waals surface area contributed by atoms with Crippen LogP contribution < -0.4 is 4.90 Å². The summed E-state index contributed by atoms with van der Waals surface area (Å²) in [5.74, 6) is -4.10. The van der Waals surface area contributed by atoms with E-state index in [1.54, 1.807) is 30.2 Å². The number of hydrogen-bond donors (Lipinski definition) is 1. The Hall–Kier alpha value is -4.29. The smallest absolute Gasteiger partial charge is 0.313 e. The van der Waals surface area contributed by atoms with Crippen LogP contribution in [0.4, 0.5) is 5.69 Å². The monoisotopic (exact) mass is 815 g/mol. The van der Waals surface area contributed by atoms with Crippen LogP contribution in [-0.4, -0.2) is 88.6 Å². The number of ether oxygens (including phenoxy) is 2. The first kappa shape index (κ1) is 38.0. The van der Waals surface area contributed by atoms with E-state index in [0.717, 1.165) is 11.1 Å². The van der Waals surface area contributed by atoms with Gasteiger partial charge in [0.05, 0.1) is 35.3 Å². The third-order valence-electron chi connectivity index (χ3n) is 11.3. The molecule has 5 bridgehead atoms. The first-order valence-corrected chi connectivity index (χ1v) is 19.4. The molecule has 3 amide bonds. The summed E-state index contributed by atoms with van der Waals surface area (Å²) in [6.07, 6.45) is 4.46. The van der Waals surface area contributed by atoms with Gasteiger partial charge in [-0.15, -0.1) is 0 Å². The summed E-state index contributed by atoms with van der Waals surface area (Å²) in [5, 5.41) is 11.3. The number of para-hydroxylation sites is 1. The molecule has 4 aliphatic heterocycles. The number of esters is 1. The molecule has 0 radical (unpaired) electrons. The predicted octanol–water partition coefficient (Wildman–Crippen LogP) is 5.94. The van der Waals surface area contributed by atoms with Gasteiger partial charge in [-0.05, 0) is 55.5 Å². The van der Waals surface area contributed by atoms with E-state index in [1.165, 1.54) is 9.80 Å². The molecule has 4 heterocycles. The number of anilines is 1. The third-order valence-corrected chi connectivity index (χ3v) is 12.3. The fourth-order valence-electron chi connectivity index (χ4n) is 8.54. The molecule has 0 unspecified atom stereocenters. The summed E-state index contributed by atoms with van der Waals surface area (Å²) in [6, 6.07) is 21.3. The van der Waals surface area contributed by atoms with Crippen LogP contribution in [0.25, 0.3) is 0 Å². The van der Waals surface area contributed by atoms with Gasteiger partial charge in [-0.3, -0.25) is 19.2 Å². The highest BCUT2D eigenvalue weighted by molar-refractivity contribution is 9.11. The van der Waals surface area contributed by atoms with Crippen molar-refractivity contribution in [2.24, 2.45) is 11.8 Å². The molecule has 7 rings (SSSR count). The van der Waals surface area contributed by atoms with Crippen molar-refractivity contribution >= 4 is 56.9 Å². The first-order valence-electron chi connectivity index (χ1n) is 18.2. The normalized spacial score (nSPS) is 30.0. The minimum absolute atomic E-state index is 0.0709. The number of benzene rings is 3. The van der Waals surface area contributed by atoms with Crippen LogP contribution in [-0.2, 0) is 35.1 Å². The molecule has 0 saturated carbocycles. The van der Waals surface area contributed by atoms with Crippen LogP contribution in [0, 0.1) is 18.8 Å². The average Bonchev–Trinajstić information content (AvgIpc) is 3.77. The zero-order chi connectivity index (χ0) is 38.3. The number of nitrogens with zero attached hydrogens (tertiary/aromatic N) is 3.